The van der Waals surface area contributed by atoms with Crippen LogP contribution in [0.25, 0.3) is 0 Å². The lowest BCUT2D eigenvalue weighted by molar-refractivity contribution is 0.626. The molecule has 2 N–H and O–H groups in total. The summed E-state index contributed by atoms with van der Waals surface area (Å²) in [6, 6.07) is 4.56. The minimum atomic E-state index is -0.318. The number of aromatic nitrogens is 1. The molecule has 96 valence electrons. The molecule has 0 spiro atoms. The van der Waals surface area contributed by atoms with E-state index >= 15 is 0 Å². The molecule has 0 atom stereocenters. The third-order valence-electron chi connectivity index (χ3n) is 2.58. The lowest BCUT2D eigenvalue weighted by Gasteiger charge is -2.06. The van der Waals surface area contributed by atoms with Gasteiger partial charge < -0.3 is 5.73 Å². The molecule has 1 aromatic carbocycles. The molecule has 0 aliphatic rings. The van der Waals surface area contributed by atoms with Crippen LogP contribution in [0.5, 0.6) is 0 Å². The maximum absolute atomic E-state index is 13.3. The topological polar surface area (TPSA) is 38.9 Å². The molecule has 0 unspecified atom stereocenters. The first-order chi connectivity index (χ1) is 8.45. The minimum Gasteiger partial charge on any atom is -0.375 e. The first-order valence-electron chi connectivity index (χ1n) is 5.65. The molecule has 0 aliphatic carbocycles. The quantitative estimate of drug-likeness (QED) is 0.916. The Morgan fingerprint density at radius 2 is 2.11 bits per heavy atom. The summed E-state index contributed by atoms with van der Waals surface area (Å²) in [7, 11) is 0. The Hall–Kier alpha value is -1.13. The van der Waals surface area contributed by atoms with Crippen molar-refractivity contribution in [3.8, 4) is 0 Å². The zero-order valence-corrected chi connectivity index (χ0v) is 11.8. The van der Waals surface area contributed by atoms with E-state index in [0.717, 1.165) is 16.1 Å². The fraction of sp³-hybridized carbons (Fsp3) is 0.308. The van der Waals surface area contributed by atoms with Crippen molar-refractivity contribution >= 4 is 28.1 Å². The highest BCUT2D eigenvalue weighted by Crippen LogP contribution is 2.29. The van der Waals surface area contributed by atoms with Crippen LogP contribution in [0.4, 0.5) is 9.52 Å². The van der Waals surface area contributed by atoms with Crippen LogP contribution >= 0.6 is 22.9 Å². The Bertz CT molecular complexity index is 546. The highest BCUT2D eigenvalue weighted by molar-refractivity contribution is 7.15. The Morgan fingerprint density at radius 3 is 2.72 bits per heavy atom. The Labute approximate surface area is 115 Å². The molecule has 1 heterocycles. The summed E-state index contributed by atoms with van der Waals surface area (Å²) in [6.45, 7) is 4.13. The summed E-state index contributed by atoms with van der Waals surface area (Å²) < 4.78 is 13.3. The molecule has 2 aromatic rings. The lowest BCUT2D eigenvalue weighted by atomic mass is 10.0. The largest absolute Gasteiger partial charge is 0.375 e. The highest BCUT2D eigenvalue weighted by atomic mass is 35.5. The van der Waals surface area contributed by atoms with Crippen LogP contribution in [0.2, 0.25) is 5.02 Å². The average molecular weight is 285 g/mol. The van der Waals surface area contributed by atoms with Crippen molar-refractivity contribution in [2.24, 2.45) is 0 Å². The zero-order valence-electron chi connectivity index (χ0n) is 10.2. The Kier molecular flexibility index (Phi) is 3.88. The molecule has 18 heavy (non-hydrogen) atoms. The van der Waals surface area contributed by atoms with Crippen molar-refractivity contribution in [2.75, 3.05) is 5.73 Å². The van der Waals surface area contributed by atoms with E-state index in [2.05, 4.69) is 18.8 Å². The predicted molar refractivity (Wildman–Crippen MR) is 74.8 cm³/mol. The summed E-state index contributed by atoms with van der Waals surface area (Å²) in [6.07, 6.45) is 0.611. The Morgan fingerprint density at radius 1 is 1.39 bits per heavy atom. The molecule has 0 aliphatic heterocycles. The number of nitrogen functional groups attached to an aromatic ring is 1. The fourth-order valence-corrected chi connectivity index (χ4v) is 3.12. The van der Waals surface area contributed by atoms with E-state index in [-0.39, 0.29) is 5.82 Å². The van der Waals surface area contributed by atoms with Crippen LogP contribution in [0.15, 0.2) is 18.2 Å². The van der Waals surface area contributed by atoms with Gasteiger partial charge in [0.2, 0.25) is 0 Å². The van der Waals surface area contributed by atoms with E-state index in [1.807, 2.05) is 0 Å². The fourth-order valence-electron chi connectivity index (χ4n) is 1.86. The van der Waals surface area contributed by atoms with E-state index in [4.69, 9.17) is 17.3 Å². The van der Waals surface area contributed by atoms with E-state index in [9.17, 15) is 4.39 Å². The van der Waals surface area contributed by atoms with Crippen LogP contribution in [-0.4, -0.2) is 4.98 Å². The summed E-state index contributed by atoms with van der Waals surface area (Å²) in [5.74, 6) is -0.0151. The predicted octanol–water partition coefficient (Wildman–Crippen LogP) is 4.23. The number of hydrogen-bond donors (Lipinski definition) is 1. The van der Waals surface area contributed by atoms with Crippen molar-refractivity contribution < 1.29 is 4.39 Å². The van der Waals surface area contributed by atoms with Crippen LogP contribution in [0.1, 0.15) is 35.9 Å². The van der Waals surface area contributed by atoms with Crippen molar-refractivity contribution in [1.82, 2.24) is 4.98 Å². The number of anilines is 1. The van der Waals surface area contributed by atoms with Crippen molar-refractivity contribution in [2.45, 2.75) is 26.2 Å². The number of benzene rings is 1. The maximum atomic E-state index is 13.3. The van der Waals surface area contributed by atoms with E-state index in [0.29, 0.717) is 22.5 Å². The maximum Gasteiger partial charge on any atom is 0.180 e. The number of nitrogens with two attached hydrogens (primary N) is 1. The number of halogens is 2. The lowest BCUT2D eigenvalue weighted by Crippen LogP contribution is -1.96. The minimum absolute atomic E-state index is 0.303. The van der Waals surface area contributed by atoms with Gasteiger partial charge in [0.05, 0.1) is 5.69 Å². The number of hydrogen-bond acceptors (Lipinski definition) is 3. The van der Waals surface area contributed by atoms with Crippen molar-refractivity contribution in [1.29, 1.82) is 0 Å². The van der Waals surface area contributed by atoms with Crippen molar-refractivity contribution in [3.63, 3.8) is 0 Å². The van der Waals surface area contributed by atoms with E-state index in [1.165, 1.54) is 23.5 Å². The monoisotopic (exact) mass is 284 g/mol. The van der Waals surface area contributed by atoms with Crippen molar-refractivity contribution in [3.05, 3.63) is 45.2 Å². The molecule has 0 bridgehead atoms. The van der Waals surface area contributed by atoms with Gasteiger partial charge in [0.15, 0.2) is 5.13 Å². The molecule has 5 heteroatoms. The summed E-state index contributed by atoms with van der Waals surface area (Å²) in [4.78, 5) is 5.39. The number of nitrogens with zero attached hydrogens (tertiary/aromatic N) is 1. The van der Waals surface area contributed by atoms with Crippen LogP contribution in [0, 0.1) is 5.82 Å². The van der Waals surface area contributed by atoms with E-state index < -0.39 is 0 Å². The van der Waals surface area contributed by atoms with Crippen LogP contribution in [-0.2, 0) is 6.42 Å². The average Bonchev–Trinajstić information content (AvgIpc) is 2.57. The molecule has 0 saturated carbocycles. The molecule has 1 aromatic heterocycles. The smallest absolute Gasteiger partial charge is 0.180 e. The third kappa shape index (κ3) is 3.00. The molecule has 0 fully saturated rings. The second kappa shape index (κ2) is 5.24. The SMILES string of the molecule is CC(C)c1nc(N)sc1Cc1cc(F)cc(Cl)c1. The van der Waals surface area contributed by atoms with Gasteiger partial charge in [-0.3, -0.25) is 0 Å². The molecule has 0 saturated heterocycles. The molecule has 0 radical (unpaired) electrons. The van der Waals surface area contributed by atoms with Gasteiger partial charge in [0.1, 0.15) is 5.82 Å². The summed E-state index contributed by atoms with van der Waals surface area (Å²) >= 11 is 7.30. The Balaban J connectivity index is 2.33. The van der Waals surface area contributed by atoms with Gasteiger partial charge in [-0.15, -0.1) is 11.3 Å². The zero-order chi connectivity index (χ0) is 13.3. The van der Waals surface area contributed by atoms with Gasteiger partial charge in [-0.25, -0.2) is 9.37 Å². The summed E-state index contributed by atoms with van der Waals surface area (Å²) in [5.41, 5.74) is 7.56. The molecular formula is C13H14ClFN2S. The van der Waals surface area contributed by atoms with Gasteiger partial charge in [-0.1, -0.05) is 25.4 Å². The molecule has 2 nitrogen and oxygen atoms in total. The molecule has 2 rings (SSSR count). The van der Waals surface area contributed by atoms with Gasteiger partial charge in [-0.2, -0.15) is 0 Å². The normalized spacial score (nSPS) is 11.2. The van der Waals surface area contributed by atoms with Crippen LogP contribution in [0.3, 0.4) is 0 Å². The second-order valence-electron chi connectivity index (χ2n) is 4.47. The van der Waals surface area contributed by atoms with Gasteiger partial charge in [0, 0.05) is 16.3 Å². The highest BCUT2D eigenvalue weighted by Gasteiger charge is 2.13. The molecular weight excluding hydrogens is 271 g/mol. The number of thiazole rings is 1. The van der Waals surface area contributed by atoms with Gasteiger partial charge >= 0.3 is 0 Å². The first kappa shape index (κ1) is 13.3. The first-order valence-corrected chi connectivity index (χ1v) is 6.85. The second-order valence-corrected chi connectivity index (χ2v) is 6.02. The standard InChI is InChI=1S/C13H14ClFN2S/c1-7(2)12-11(18-13(16)17-12)5-8-3-9(14)6-10(15)4-8/h3-4,6-7H,5H2,1-2H3,(H2,16,17). The molecule has 0 amide bonds. The summed E-state index contributed by atoms with van der Waals surface area (Å²) in [5, 5.41) is 0.963. The van der Waals surface area contributed by atoms with E-state index in [1.54, 1.807) is 6.07 Å². The third-order valence-corrected chi connectivity index (χ3v) is 3.70. The van der Waals surface area contributed by atoms with Gasteiger partial charge in [-0.05, 0) is 29.7 Å². The van der Waals surface area contributed by atoms with Gasteiger partial charge in [0.25, 0.3) is 0 Å². The number of rotatable bonds is 3. The van der Waals surface area contributed by atoms with Crippen LogP contribution < -0.4 is 5.73 Å².